The van der Waals surface area contributed by atoms with E-state index in [2.05, 4.69) is 10.3 Å². The Morgan fingerprint density at radius 1 is 1.23 bits per heavy atom. The van der Waals surface area contributed by atoms with Crippen molar-refractivity contribution in [3.05, 3.63) is 81.3 Å². The number of carbonyl (C=O) groups excluding carboxylic acids is 1. The number of amides is 1. The average Bonchev–Trinajstić information content (AvgIpc) is 3.34. The van der Waals surface area contributed by atoms with Gasteiger partial charge < -0.3 is 17.0 Å². The quantitative estimate of drug-likeness (QED) is 0.345. The number of carbonyl (C=O) groups is 2. The molecule has 0 saturated heterocycles. The van der Waals surface area contributed by atoms with Crippen molar-refractivity contribution >= 4 is 41.1 Å². The Labute approximate surface area is 227 Å². The van der Waals surface area contributed by atoms with E-state index in [4.69, 9.17) is 0 Å². The minimum atomic E-state index is -1.04. The molecule has 0 spiro atoms. The van der Waals surface area contributed by atoms with Gasteiger partial charge in [-0.15, -0.1) is 11.3 Å². The zero-order chi connectivity index (χ0) is 24.5. The van der Waals surface area contributed by atoms with Crippen molar-refractivity contribution in [3.63, 3.8) is 0 Å². The number of nitrogens with one attached hydrogen (secondary N) is 1. The topological polar surface area (TPSA) is 99.5 Å². The molecule has 1 aromatic heterocycles. The number of carboxylic acids is 1. The van der Waals surface area contributed by atoms with Crippen molar-refractivity contribution in [1.29, 1.82) is 0 Å². The van der Waals surface area contributed by atoms with Crippen molar-refractivity contribution in [2.75, 3.05) is 18.6 Å². The fourth-order valence-electron chi connectivity index (χ4n) is 3.64. The third-order valence-electron chi connectivity index (χ3n) is 5.41. The number of aliphatic hydroxyl groups excluding tert-OH is 1. The van der Waals surface area contributed by atoms with Crippen LogP contribution >= 0.6 is 23.1 Å². The van der Waals surface area contributed by atoms with Crippen molar-refractivity contribution in [1.82, 2.24) is 10.3 Å². The third-order valence-corrected chi connectivity index (χ3v) is 6.78. The fourth-order valence-corrected chi connectivity index (χ4v) is 4.71. The van der Waals surface area contributed by atoms with Crippen LogP contribution < -0.4 is 24.2 Å². The van der Waals surface area contributed by atoms with E-state index in [1.807, 2.05) is 55.7 Å². The molecule has 0 aliphatic heterocycles. The van der Waals surface area contributed by atoms with Gasteiger partial charge in [-0.25, -0.2) is 4.79 Å². The van der Waals surface area contributed by atoms with Gasteiger partial charge >= 0.3 is 24.8 Å². The number of thioether (sulfide) groups is 1. The maximum Gasteiger partial charge on any atom is 1.00 e. The molecular weight excluding hydrogens is 475 g/mol. The minimum Gasteiger partial charge on any atom is -1.00 e. The van der Waals surface area contributed by atoms with Gasteiger partial charge in [-0.3, -0.25) is 9.78 Å². The molecule has 9 heteroatoms. The van der Waals surface area contributed by atoms with Crippen LogP contribution in [-0.4, -0.2) is 51.7 Å². The molecule has 1 amide bonds. The molecule has 1 unspecified atom stereocenters. The van der Waals surface area contributed by atoms with Gasteiger partial charge in [0.2, 0.25) is 0 Å². The van der Waals surface area contributed by atoms with E-state index < -0.39 is 17.9 Å². The van der Waals surface area contributed by atoms with E-state index in [0.717, 1.165) is 32.7 Å². The zero-order valence-electron chi connectivity index (χ0n) is 21.2. The fraction of sp³-hybridized carbons (Fsp3) is 0.269. The van der Waals surface area contributed by atoms with Crippen LogP contribution in [0.3, 0.4) is 0 Å². The van der Waals surface area contributed by atoms with Gasteiger partial charge in [0, 0.05) is 16.6 Å². The summed E-state index contributed by atoms with van der Waals surface area (Å²) < 4.78 is 0. The first kappa shape index (κ1) is 28.9. The molecular formula is C26H29LiN2O4S2. The molecule has 1 atom stereocenters. The van der Waals surface area contributed by atoms with E-state index in [-0.39, 0.29) is 26.9 Å². The standard InChI is InChI=1S/C26H28N2O4S2.Li.H/c1-17-5-3-4-6-21(17)23-13-18(11-19(15-29)12-20-14-27-16-34-20)7-8-22(23)25(30)28-24(26(31)32)9-10-33-2;;/h3-8,12-14,16,24,29H,9-11,15H2,1-2H3,(H,28,30)(H,31,32);;/q;+1;-1/b19-12+;;. The molecule has 0 aliphatic carbocycles. The van der Waals surface area contributed by atoms with Crippen molar-refractivity contribution < 1.29 is 40.1 Å². The number of hydrogen-bond acceptors (Lipinski definition) is 6. The third kappa shape index (κ3) is 8.09. The van der Waals surface area contributed by atoms with Gasteiger partial charge in [0.1, 0.15) is 6.04 Å². The summed E-state index contributed by atoms with van der Waals surface area (Å²) in [7, 11) is 0. The Morgan fingerprint density at radius 3 is 2.63 bits per heavy atom. The first-order valence-electron chi connectivity index (χ1n) is 10.8. The number of aliphatic hydroxyl groups is 1. The van der Waals surface area contributed by atoms with Gasteiger partial charge in [-0.1, -0.05) is 36.4 Å². The summed E-state index contributed by atoms with van der Waals surface area (Å²) in [5.41, 5.74) is 6.59. The summed E-state index contributed by atoms with van der Waals surface area (Å²) in [5, 5.41) is 22.1. The maximum absolute atomic E-state index is 13.2. The summed E-state index contributed by atoms with van der Waals surface area (Å²) in [5.74, 6) is -0.824. The second-order valence-corrected chi connectivity index (χ2v) is 9.79. The maximum atomic E-state index is 13.2. The predicted molar refractivity (Wildman–Crippen MR) is 140 cm³/mol. The molecule has 6 nitrogen and oxygen atoms in total. The smallest absolute Gasteiger partial charge is 1.00 e. The minimum absolute atomic E-state index is 0. The van der Waals surface area contributed by atoms with Crippen LogP contribution in [-0.2, 0) is 11.2 Å². The molecule has 0 aliphatic rings. The number of aromatic nitrogens is 1. The zero-order valence-corrected chi connectivity index (χ0v) is 21.8. The molecule has 0 bridgehead atoms. The molecule has 1 heterocycles. The first-order chi connectivity index (χ1) is 16.4. The summed E-state index contributed by atoms with van der Waals surface area (Å²) in [6.45, 7) is 1.89. The SMILES string of the molecule is CSCCC(NC(=O)c1ccc(C/C(=C\c2cncs2)CO)cc1-c1ccccc1C)C(=O)O.[H-].[Li+]. The summed E-state index contributed by atoms with van der Waals surface area (Å²) >= 11 is 3.04. The normalized spacial score (nSPS) is 12.0. The van der Waals surface area contributed by atoms with Crippen LogP contribution in [0.1, 0.15) is 34.2 Å². The van der Waals surface area contributed by atoms with Crippen molar-refractivity contribution in [2.24, 2.45) is 0 Å². The molecule has 0 radical (unpaired) electrons. The number of rotatable bonds is 11. The second-order valence-electron chi connectivity index (χ2n) is 7.88. The Bertz CT molecular complexity index is 1170. The van der Waals surface area contributed by atoms with Crippen LogP contribution in [0.25, 0.3) is 17.2 Å². The van der Waals surface area contributed by atoms with Gasteiger partial charge in [0.05, 0.1) is 12.1 Å². The number of carboxylic acid groups (broad SMARTS) is 1. The van der Waals surface area contributed by atoms with Crippen LogP contribution in [0.5, 0.6) is 0 Å². The van der Waals surface area contributed by atoms with E-state index in [0.29, 0.717) is 24.2 Å². The van der Waals surface area contributed by atoms with E-state index in [1.165, 1.54) is 23.1 Å². The van der Waals surface area contributed by atoms with Gasteiger partial charge in [0.15, 0.2) is 0 Å². The summed E-state index contributed by atoms with van der Waals surface area (Å²) in [6, 6.07) is 12.4. The van der Waals surface area contributed by atoms with Crippen molar-refractivity contribution in [3.8, 4) is 11.1 Å². The van der Waals surface area contributed by atoms with E-state index in [1.54, 1.807) is 17.8 Å². The molecule has 180 valence electrons. The van der Waals surface area contributed by atoms with Gasteiger partial charge in [-0.2, -0.15) is 11.8 Å². The molecule has 35 heavy (non-hydrogen) atoms. The van der Waals surface area contributed by atoms with Crippen LogP contribution in [0.15, 0.2) is 59.7 Å². The summed E-state index contributed by atoms with van der Waals surface area (Å²) in [6.07, 6.45) is 6.44. The monoisotopic (exact) mass is 504 g/mol. The van der Waals surface area contributed by atoms with Gasteiger partial charge in [-0.05, 0) is 71.7 Å². The molecule has 0 saturated carbocycles. The molecule has 0 fully saturated rings. The Balaban J connectivity index is 0.00000324. The number of aryl methyl sites for hydroxylation is 1. The number of benzene rings is 2. The first-order valence-corrected chi connectivity index (χ1v) is 13.1. The molecule has 3 N–H and O–H groups in total. The molecule has 3 aromatic rings. The Morgan fingerprint density at radius 2 is 2.00 bits per heavy atom. The van der Waals surface area contributed by atoms with E-state index >= 15 is 0 Å². The van der Waals surface area contributed by atoms with E-state index in [9.17, 15) is 19.8 Å². The van der Waals surface area contributed by atoms with Crippen molar-refractivity contribution in [2.45, 2.75) is 25.8 Å². The largest absolute Gasteiger partial charge is 1.00 e. The van der Waals surface area contributed by atoms with Crippen LogP contribution in [0, 0.1) is 6.92 Å². The number of thiazole rings is 1. The van der Waals surface area contributed by atoms with Gasteiger partial charge in [0.25, 0.3) is 5.91 Å². The number of nitrogens with zero attached hydrogens (tertiary/aromatic N) is 1. The number of hydrogen-bond donors (Lipinski definition) is 3. The van der Waals surface area contributed by atoms with Crippen LogP contribution in [0.2, 0.25) is 0 Å². The Hall–Kier alpha value is -2.34. The second kappa shape index (κ2) is 14.3. The molecule has 2 aromatic carbocycles. The summed E-state index contributed by atoms with van der Waals surface area (Å²) in [4.78, 5) is 29.9. The predicted octanol–water partition coefficient (Wildman–Crippen LogP) is 1.79. The Kier molecular flexibility index (Phi) is 11.8. The van der Waals surface area contributed by atoms with Crippen LogP contribution in [0.4, 0.5) is 0 Å². The average molecular weight is 505 g/mol. The molecule has 3 rings (SSSR count). The number of aliphatic carboxylic acids is 1.